The van der Waals surface area contributed by atoms with Gasteiger partial charge >= 0.3 is 0 Å². The fraction of sp³-hybridized carbons (Fsp3) is 0.500. The van der Waals surface area contributed by atoms with E-state index < -0.39 is 0 Å². The van der Waals surface area contributed by atoms with Crippen LogP contribution in [0, 0.1) is 5.92 Å². The van der Waals surface area contributed by atoms with Crippen LogP contribution in [0.1, 0.15) is 36.4 Å². The molecule has 1 aliphatic carbocycles. The molecular formula is C18H22ClNO2. The van der Waals surface area contributed by atoms with Gasteiger partial charge in [0.15, 0.2) is 0 Å². The van der Waals surface area contributed by atoms with Crippen molar-refractivity contribution in [2.24, 2.45) is 5.92 Å². The minimum Gasteiger partial charge on any atom is -0.381 e. The third kappa shape index (κ3) is 3.21. The molecule has 0 unspecified atom stereocenters. The highest BCUT2D eigenvalue weighted by molar-refractivity contribution is 6.29. The highest BCUT2D eigenvalue weighted by atomic mass is 35.5. The van der Waals surface area contributed by atoms with Crippen LogP contribution in [0.25, 0.3) is 0 Å². The number of nitrogens with zero attached hydrogens (tertiary/aromatic N) is 1. The van der Waals surface area contributed by atoms with Gasteiger partial charge in [0.25, 0.3) is 0 Å². The predicted octanol–water partition coefficient (Wildman–Crippen LogP) is 3.68. The minimum atomic E-state index is 0.0533. The molecule has 1 aromatic carbocycles. The molecular weight excluding hydrogens is 298 g/mol. The normalized spacial score (nSPS) is 21.4. The van der Waals surface area contributed by atoms with Crippen LogP contribution in [0.4, 0.5) is 0 Å². The third-order valence-corrected chi connectivity index (χ3v) is 4.79. The van der Waals surface area contributed by atoms with Gasteiger partial charge in [-0.15, -0.1) is 0 Å². The van der Waals surface area contributed by atoms with E-state index in [-0.39, 0.29) is 17.9 Å². The van der Waals surface area contributed by atoms with Crippen LogP contribution < -0.4 is 0 Å². The summed E-state index contributed by atoms with van der Waals surface area (Å²) in [6.07, 6.45) is 3.60. The van der Waals surface area contributed by atoms with E-state index in [0.29, 0.717) is 24.8 Å². The molecule has 0 bridgehead atoms. The maximum atomic E-state index is 13.0. The number of fused-ring (bicyclic) bond motifs is 1. The molecule has 4 heteroatoms. The Balaban J connectivity index is 1.84. The van der Waals surface area contributed by atoms with Gasteiger partial charge in [0.2, 0.25) is 5.91 Å². The lowest BCUT2D eigenvalue weighted by molar-refractivity contribution is -0.140. The smallest absolute Gasteiger partial charge is 0.226 e. The van der Waals surface area contributed by atoms with Crippen molar-refractivity contribution in [2.75, 3.05) is 19.8 Å². The van der Waals surface area contributed by atoms with Gasteiger partial charge in [-0.05, 0) is 36.8 Å². The van der Waals surface area contributed by atoms with Gasteiger partial charge in [0.1, 0.15) is 0 Å². The molecule has 22 heavy (non-hydrogen) atoms. The monoisotopic (exact) mass is 319 g/mol. The molecule has 3 nitrogen and oxygen atoms in total. The molecule has 1 atom stereocenters. The van der Waals surface area contributed by atoms with E-state index in [1.54, 1.807) is 0 Å². The molecule has 1 fully saturated rings. The molecule has 1 saturated heterocycles. The van der Waals surface area contributed by atoms with Crippen LogP contribution in [-0.2, 0) is 16.0 Å². The summed E-state index contributed by atoms with van der Waals surface area (Å²) in [4.78, 5) is 14.9. The molecule has 0 aromatic heterocycles. The Morgan fingerprint density at radius 3 is 2.73 bits per heavy atom. The van der Waals surface area contributed by atoms with E-state index in [2.05, 4.69) is 24.8 Å². The molecule has 0 N–H and O–H groups in total. The zero-order valence-corrected chi connectivity index (χ0v) is 13.5. The second-order valence-electron chi connectivity index (χ2n) is 6.12. The lowest BCUT2D eigenvalue weighted by atomic mass is 9.96. The van der Waals surface area contributed by atoms with Crippen molar-refractivity contribution in [1.29, 1.82) is 0 Å². The Morgan fingerprint density at radius 2 is 2.00 bits per heavy atom. The van der Waals surface area contributed by atoms with Crippen molar-refractivity contribution in [3.8, 4) is 0 Å². The summed E-state index contributed by atoms with van der Waals surface area (Å²) < 4.78 is 5.38. The Hall–Kier alpha value is -1.32. The first kappa shape index (κ1) is 15.6. The number of carbonyl (C=O) groups is 1. The van der Waals surface area contributed by atoms with Gasteiger partial charge in [-0.25, -0.2) is 0 Å². The number of amides is 1. The predicted molar refractivity (Wildman–Crippen MR) is 87.8 cm³/mol. The molecule has 1 aliphatic heterocycles. The molecule has 0 spiro atoms. The van der Waals surface area contributed by atoms with Gasteiger partial charge in [-0.3, -0.25) is 4.79 Å². The van der Waals surface area contributed by atoms with Crippen molar-refractivity contribution in [2.45, 2.75) is 31.7 Å². The highest BCUT2D eigenvalue weighted by Gasteiger charge is 2.34. The SMILES string of the molecule is C=C(Cl)CN(C(=O)C1CCOCC1)[C@@H]1CCc2ccccc21. The number of ether oxygens (including phenoxy) is 1. The van der Waals surface area contributed by atoms with E-state index in [9.17, 15) is 4.79 Å². The first-order valence-electron chi connectivity index (χ1n) is 7.96. The summed E-state index contributed by atoms with van der Waals surface area (Å²) >= 11 is 6.05. The van der Waals surface area contributed by atoms with Crippen molar-refractivity contribution < 1.29 is 9.53 Å². The highest BCUT2D eigenvalue weighted by Crippen LogP contribution is 2.37. The van der Waals surface area contributed by atoms with Crippen molar-refractivity contribution in [3.05, 3.63) is 47.0 Å². The number of carbonyl (C=O) groups excluding carboxylic acids is 1. The number of rotatable bonds is 4. The summed E-state index contributed by atoms with van der Waals surface area (Å²) in [6, 6.07) is 8.52. The fourth-order valence-electron chi connectivity index (χ4n) is 3.56. The maximum Gasteiger partial charge on any atom is 0.226 e. The lowest BCUT2D eigenvalue weighted by Gasteiger charge is -2.34. The van der Waals surface area contributed by atoms with E-state index in [4.69, 9.17) is 16.3 Å². The van der Waals surface area contributed by atoms with Crippen LogP contribution in [0.5, 0.6) is 0 Å². The van der Waals surface area contributed by atoms with E-state index in [1.807, 2.05) is 11.0 Å². The Labute approximate surface area is 136 Å². The number of hydrogen-bond donors (Lipinski definition) is 0. The average Bonchev–Trinajstić information content (AvgIpc) is 2.96. The maximum absolute atomic E-state index is 13.0. The molecule has 0 radical (unpaired) electrons. The van der Waals surface area contributed by atoms with Crippen LogP contribution >= 0.6 is 11.6 Å². The number of hydrogen-bond acceptors (Lipinski definition) is 2. The van der Waals surface area contributed by atoms with E-state index in [0.717, 1.165) is 25.7 Å². The van der Waals surface area contributed by atoms with Gasteiger partial charge < -0.3 is 9.64 Å². The second kappa shape index (κ2) is 6.84. The van der Waals surface area contributed by atoms with Gasteiger partial charge in [0.05, 0.1) is 12.6 Å². The quantitative estimate of drug-likeness (QED) is 0.847. The zero-order valence-electron chi connectivity index (χ0n) is 12.8. The Morgan fingerprint density at radius 1 is 1.27 bits per heavy atom. The number of halogens is 1. The Kier molecular flexibility index (Phi) is 4.84. The minimum absolute atomic E-state index is 0.0533. The second-order valence-corrected chi connectivity index (χ2v) is 6.66. The van der Waals surface area contributed by atoms with Crippen LogP contribution in [0.2, 0.25) is 0 Å². The van der Waals surface area contributed by atoms with Crippen LogP contribution in [0.15, 0.2) is 35.9 Å². The molecule has 1 heterocycles. The standard InChI is InChI=1S/C18H22ClNO2/c1-13(19)12-20(18(21)15-8-10-22-11-9-15)17-7-6-14-4-2-3-5-16(14)17/h2-5,15,17H,1,6-12H2/t17-/m1/s1. The van der Waals surface area contributed by atoms with E-state index >= 15 is 0 Å². The summed E-state index contributed by atoms with van der Waals surface area (Å²) in [5, 5.41) is 0.518. The molecule has 118 valence electrons. The van der Waals surface area contributed by atoms with Gasteiger partial charge in [-0.2, -0.15) is 0 Å². The first-order chi connectivity index (χ1) is 10.7. The molecule has 3 rings (SSSR count). The average molecular weight is 320 g/mol. The molecule has 1 aromatic rings. The largest absolute Gasteiger partial charge is 0.381 e. The Bertz CT molecular complexity index is 566. The summed E-state index contributed by atoms with van der Waals surface area (Å²) in [5.41, 5.74) is 2.61. The van der Waals surface area contributed by atoms with E-state index in [1.165, 1.54) is 11.1 Å². The number of aryl methyl sites for hydroxylation is 1. The van der Waals surface area contributed by atoms with Crippen LogP contribution in [-0.4, -0.2) is 30.6 Å². The van der Waals surface area contributed by atoms with Gasteiger partial charge in [-0.1, -0.05) is 42.4 Å². The topological polar surface area (TPSA) is 29.5 Å². The van der Waals surface area contributed by atoms with Gasteiger partial charge in [0, 0.05) is 24.2 Å². The van der Waals surface area contributed by atoms with Crippen LogP contribution in [0.3, 0.4) is 0 Å². The summed E-state index contributed by atoms with van der Waals surface area (Å²) in [7, 11) is 0. The van der Waals surface area contributed by atoms with Crippen molar-refractivity contribution in [1.82, 2.24) is 4.90 Å². The molecule has 2 aliphatic rings. The fourth-order valence-corrected chi connectivity index (χ4v) is 3.69. The molecule has 0 saturated carbocycles. The zero-order chi connectivity index (χ0) is 15.5. The summed E-state index contributed by atoms with van der Waals surface area (Å²) in [6.45, 7) is 5.57. The molecule has 1 amide bonds. The first-order valence-corrected chi connectivity index (χ1v) is 8.34. The third-order valence-electron chi connectivity index (χ3n) is 4.67. The lowest BCUT2D eigenvalue weighted by Crippen LogP contribution is -2.41. The summed E-state index contributed by atoms with van der Waals surface area (Å²) in [5.74, 6) is 0.254. The van der Waals surface area contributed by atoms with Crippen molar-refractivity contribution >= 4 is 17.5 Å². The van der Waals surface area contributed by atoms with Crippen molar-refractivity contribution in [3.63, 3.8) is 0 Å². The number of benzene rings is 1.